The predicted octanol–water partition coefficient (Wildman–Crippen LogP) is 3.09. The number of hydrogen-bond acceptors (Lipinski definition) is 7. The van der Waals surface area contributed by atoms with Gasteiger partial charge < -0.3 is 10.1 Å². The summed E-state index contributed by atoms with van der Waals surface area (Å²) in [5, 5.41) is 13.4. The van der Waals surface area contributed by atoms with E-state index < -0.39 is 43.6 Å². The zero-order valence-corrected chi connectivity index (χ0v) is 18.5. The van der Waals surface area contributed by atoms with Crippen LogP contribution in [0.5, 0.6) is 0 Å². The molecule has 1 aliphatic rings. The summed E-state index contributed by atoms with van der Waals surface area (Å²) in [7, 11) is -4.14. The van der Waals surface area contributed by atoms with E-state index in [1.807, 2.05) is 0 Å². The maximum Gasteiger partial charge on any atom is 0.338 e. The van der Waals surface area contributed by atoms with Gasteiger partial charge in [-0.25, -0.2) is 17.6 Å². The lowest BCUT2D eigenvalue weighted by Crippen LogP contribution is -2.36. The number of nitro groups is 1. The Morgan fingerprint density at radius 3 is 2.48 bits per heavy atom. The van der Waals surface area contributed by atoms with Gasteiger partial charge in [-0.3, -0.25) is 14.9 Å². The van der Waals surface area contributed by atoms with Gasteiger partial charge in [0.25, 0.3) is 11.6 Å². The molecule has 2 aromatic carbocycles. The number of nitro benzene ring substituents is 1. The number of piperidine rings is 1. The molecule has 2 aromatic rings. The van der Waals surface area contributed by atoms with E-state index in [9.17, 15) is 32.5 Å². The number of carbonyl (C=O) groups excluding carboxylic acids is 2. The first kappa shape index (κ1) is 24.3. The lowest BCUT2D eigenvalue weighted by atomic mass is 10.2. The molecule has 0 aliphatic carbocycles. The van der Waals surface area contributed by atoms with Crippen LogP contribution in [0.1, 0.15) is 36.5 Å². The maximum atomic E-state index is 14.3. The molecule has 1 saturated heterocycles. The lowest BCUT2D eigenvalue weighted by Gasteiger charge is -2.26. The Morgan fingerprint density at radius 1 is 1.15 bits per heavy atom. The number of amides is 1. The second kappa shape index (κ2) is 10.0. The maximum absolute atomic E-state index is 14.3. The van der Waals surface area contributed by atoms with E-state index >= 15 is 0 Å². The molecule has 12 heteroatoms. The van der Waals surface area contributed by atoms with Crippen molar-refractivity contribution in [3.8, 4) is 0 Å². The number of para-hydroxylation sites is 2. The highest BCUT2D eigenvalue weighted by molar-refractivity contribution is 7.89. The SMILES string of the molecule is CC(OC(=O)c1ccc(F)c(S(=O)(=O)N2CCCCC2)c1)C(=O)Nc1ccccc1[N+](=O)[O-]. The van der Waals surface area contributed by atoms with Crippen molar-refractivity contribution in [3.05, 3.63) is 64.0 Å². The van der Waals surface area contributed by atoms with Crippen molar-refractivity contribution >= 4 is 33.3 Å². The van der Waals surface area contributed by atoms with Crippen molar-refractivity contribution in [2.24, 2.45) is 0 Å². The van der Waals surface area contributed by atoms with E-state index in [0.29, 0.717) is 12.8 Å². The first-order valence-electron chi connectivity index (χ1n) is 10.2. The van der Waals surface area contributed by atoms with Gasteiger partial charge in [-0.05, 0) is 44.0 Å². The van der Waals surface area contributed by atoms with Crippen LogP contribution in [0.3, 0.4) is 0 Å². The molecule has 1 amide bonds. The third-order valence-electron chi connectivity index (χ3n) is 5.11. The van der Waals surface area contributed by atoms with Crippen LogP contribution in [-0.4, -0.2) is 48.7 Å². The zero-order valence-electron chi connectivity index (χ0n) is 17.7. The van der Waals surface area contributed by atoms with Gasteiger partial charge in [0, 0.05) is 19.2 Å². The highest BCUT2D eigenvalue weighted by Crippen LogP contribution is 2.25. The van der Waals surface area contributed by atoms with Crippen molar-refractivity contribution in [1.29, 1.82) is 0 Å². The molecule has 176 valence electrons. The van der Waals surface area contributed by atoms with Crippen LogP contribution < -0.4 is 5.32 Å². The number of nitrogens with one attached hydrogen (secondary N) is 1. The second-order valence-electron chi connectivity index (χ2n) is 7.42. The summed E-state index contributed by atoms with van der Waals surface area (Å²) >= 11 is 0. The smallest absolute Gasteiger partial charge is 0.338 e. The zero-order chi connectivity index (χ0) is 24.2. The molecule has 0 bridgehead atoms. The Hall–Kier alpha value is -3.38. The fraction of sp³-hybridized carbons (Fsp3) is 0.333. The number of carbonyl (C=O) groups is 2. The Kier molecular flexibility index (Phi) is 7.39. The van der Waals surface area contributed by atoms with E-state index in [0.717, 1.165) is 24.6 Å². The minimum Gasteiger partial charge on any atom is -0.449 e. The standard InChI is InChI=1S/C21H22FN3O7S/c1-14(20(26)23-17-7-3-4-8-18(17)25(28)29)32-21(27)15-9-10-16(22)19(13-15)33(30,31)24-11-5-2-6-12-24/h3-4,7-10,13-14H,2,5-6,11-12H2,1H3,(H,23,26). The third-order valence-corrected chi connectivity index (χ3v) is 7.03. The molecule has 1 unspecified atom stereocenters. The molecule has 1 aliphatic heterocycles. The summed E-state index contributed by atoms with van der Waals surface area (Å²) < 4.78 is 46.2. The molecular formula is C21H22FN3O7S. The number of anilines is 1. The molecule has 1 fully saturated rings. The summed E-state index contributed by atoms with van der Waals surface area (Å²) in [6.45, 7) is 1.77. The quantitative estimate of drug-likeness (QED) is 0.366. The van der Waals surface area contributed by atoms with Gasteiger partial charge in [0.05, 0.1) is 10.5 Å². The average molecular weight is 479 g/mol. The van der Waals surface area contributed by atoms with Gasteiger partial charge in [-0.15, -0.1) is 0 Å². The van der Waals surface area contributed by atoms with E-state index in [1.54, 1.807) is 0 Å². The topological polar surface area (TPSA) is 136 Å². The van der Waals surface area contributed by atoms with Gasteiger partial charge in [0.15, 0.2) is 6.10 Å². The van der Waals surface area contributed by atoms with Crippen molar-refractivity contribution in [2.75, 3.05) is 18.4 Å². The Bertz CT molecular complexity index is 1180. The molecule has 1 heterocycles. The Balaban J connectivity index is 1.74. The molecule has 0 spiro atoms. The van der Waals surface area contributed by atoms with Gasteiger partial charge in [0.2, 0.25) is 10.0 Å². The minimum absolute atomic E-state index is 0.0768. The molecule has 3 rings (SSSR count). The fourth-order valence-corrected chi connectivity index (χ4v) is 4.93. The average Bonchev–Trinajstić information content (AvgIpc) is 2.79. The Morgan fingerprint density at radius 2 is 1.82 bits per heavy atom. The normalized spacial score (nSPS) is 15.5. The summed E-state index contributed by atoms with van der Waals surface area (Å²) in [6, 6.07) is 8.24. The second-order valence-corrected chi connectivity index (χ2v) is 9.33. The fourth-order valence-electron chi connectivity index (χ4n) is 3.33. The number of esters is 1. The number of ether oxygens (including phenoxy) is 1. The van der Waals surface area contributed by atoms with Gasteiger partial charge in [-0.2, -0.15) is 4.31 Å². The molecule has 1 N–H and O–H groups in total. The summed E-state index contributed by atoms with van der Waals surface area (Å²) in [4.78, 5) is 34.6. The lowest BCUT2D eigenvalue weighted by molar-refractivity contribution is -0.383. The van der Waals surface area contributed by atoms with Gasteiger partial charge in [0.1, 0.15) is 16.4 Å². The number of nitrogens with zero attached hydrogens (tertiary/aromatic N) is 2. The van der Waals surface area contributed by atoms with Crippen LogP contribution >= 0.6 is 0 Å². The number of rotatable bonds is 7. The van der Waals surface area contributed by atoms with Crippen LogP contribution in [0, 0.1) is 15.9 Å². The van der Waals surface area contributed by atoms with Crippen molar-refractivity contribution < 1.29 is 32.1 Å². The monoisotopic (exact) mass is 479 g/mol. The molecule has 0 aromatic heterocycles. The van der Waals surface area contributed by atoms with E-state index in [4.69, 9.17) is 4.74 Å². The molecule has 10 nitrogen and oxygen atoms in total. The van der Waals surface area contributed by atoms with Crippen LogP contribution in [0.2, 0.25) is 0 Å². The molecule has 0 radical (unpaired) electrons. The van der Waals surface area contributed by atoms with Crippen LogP contribution in [0.15, 0.2) is 47.4 Å². The highest BCUT2D eigenvalue weighted by atomic mass is 32.2. The van der Waals surface area contributed by atoms with E-state index in [1.165, 1.54) is 35.5 Å². The van der Waals surface area contributed by atoms with E-state index in [2.05, 4.69) is 5.32 Å². The number of sulfonamides is 1. The van der Waals surface area contributed by atoms with Gasteiger partial charge >= 0.3 is 5.97 Å². The summed E-state index contributed by atoms with van der Waals surface area (Å²) in [5.41, 5.74) is -0.667. The number of halogens is 1. The molecule has 33 heavy (non-hydrogen) atoms. The third kappa shape index (κ3) is 5.52. The van der Waals surface area contributed by atoms with Crippen LogP contribution in [0.4, 0.5) is 15.8 Å². The van der Waals surface area contributed by atoms with Crippen molar-refractivity contribution in [1.82, 2.24) is 4.31 Å². The largest absolute Gasteiger partial charge is 0.449 e. The van der Waals surface area contributed by atoms with Crippen LogP contribution in [0.25, 0.3) is 0 Å². The molecule has 0 saturated carbocycles. The van der Waals surface area contributed by atoms with E-state index in [-0.39, 0.29) is 30.0 Å². The predicted molar refractivity (Wildman–Crippen MR) is 116 cm³/mol. The van der Waals surface area contributed by atoms with Crippen LogP contribution in [-0.2, 0) is 19.6 Å². The molecular weight excluding hydrogens is 457 g/mol. The summed E-state index contributed by atoms with van der Waals surface area (Å²) in [6.07, 6.45) is 0.834. The van der Waals surface area contributed by atoms with Crippen molar-refractivity contribution in [3.63, 3.8) is 0 Å². The highest BCUT2D eigenvalue weighted by Gasteiger charge is 2.30. The number of hydrogen-bond donors (Lipinski definition) is 1. The first-order valence-corrected chi connectivity index (χ1v) is 11.6. The molecule has 1 atom stereocenters. The van der Waals surface area contributed by atoms with Gasteiger partial charge in [-0.1, -0.05) is 18.6 Å². The summed E-state index contributed by atoms with van der Waals surface area (Å²) in [5.74, 6) is -2.88. The Labute approximate surface area is 189 Å². The first-order chi connectivity index (χ1) is 15.6. The number of benzene rings is 2. The van der Waals surface area contributed by atoms with Crippen molar-refractivity contribution in [2.45, 2.75) is 37.2 Å². The minimum atomic E-state index is -4.14.